The summed E-state index contributed by atoms with van der Waals surface area (Å²) in [7, 11) is 0. The van der Waals surface area contributed by atoms with Crippen molar-refractivity contribution in [3.8, 4) is 0 Å². The fraction of sp³-hybridized carbons (Fsp3) is 0.706. The average molecular weight is 280 g/mol. The molecule has 3 nitrogen and oxygen atoms in total. The molecule has 0 heterocycles. The number of carbonyl (C=O) groups is 1. The first-order valence-corrected chi connectivity index (χ1v) is 7.51. The van der Waals surface area contributed by atoms with Gasteiger partial charge in [-0.1, -0.05) is 25.2 Å². The van der Waals surface area contributed by atoms with Crippen LogP contribution in [0.1, 0.15) is 53.4 Å². The van der Waals surface area contributed by atoms with Gasteiger partial charge in [-0.15, -0.1) is 0 Å². The molecule has 1 rings (SSSR count). The number of aliphatic hydroxyl groups is 1. The van der Waals surface area contributed by atoms with Gasteiger partial charge in [0.2, 0.25) is 0 Å². The molecule has 0 amide bonds. The van der Waals surface area contributed by atoms with Gasteiger partial charge < -0.3 is 9.84 Å². The van der Waals surface area contributed by atoms with Gasteiger partial charge in [0.1, 0.15) is 6.61 Å². The molecule has 1 aliphatic carbocycles. The topological polar surface area (TPSA) is 46.5 Å². The summed E-state index contributed by atoms with van der Waals surface area (Å²) in [6.45, 7) is 7.96. The van der Waals surface area contributed by atoms with Crippen LogP contribution < -0.4 is 0 Å². The minimum absolute atomic E-state index is 0.231. The van der Waals surface area contributed by atoms with Gasteiger partial charge in [0.25, 0.3) is 0 Å². The van der Waals surface area contributed by atoms with E-state index in [-0.39, 0.29) is 5.97 Å². The van der Waals surface area contributed by atoms with Gasteiger partial charge in [-0.05, 0) is 56.9 Å². The quantitative estimate of drug-likeness (QED) is 0.597. The highest BCUT2D eigenvalue weighted by Crippen LogP contribution is 2.31. The molecule has 3 heteroatoms. The van der Waals surface area contributed by atoms with Gasteiger partial charge in [0.05, 0.1) is 5.60 Å². The minimum Gasteiger partial charge on any atom is -0.461 e. The third kappa shape index (κ3) is 6.38. The average Bonchev–Trinajstić information content (AvgIpc) is 2.36. The lowest BCUT2D eigenvalue weighted by molar-refractivity contribution is -0.139. The summed E-state index contributed by atoms with van der Waals surface area (Å²) < 4.78 is 4.95. The molecule has 0 radical (unpaired) electrons. The van der Waals surface area contributed by atoms with Crippen LogP contribution in [0.5, 0.6) is 0 Å². The van der Waals surface area contributed by atoms with Crippen molar-refractivity contribution >= 4 is 5.97 Å². The van der Waals surface area contributed by atoms with Crippen LogP contribution in [0.3, 0.4) is 0 Å². The lowest BCUT2D eigenvalue weighted by atomic mass is 9.79. The monoisotopic (exact) mass is 280 g/mol. The number of allylic oxidation sites excluding steroid dienone is 2. The highest BCUT2D eigenvalue weighted by atomic mass is 16.5. The van der Waals surface area contributed by atoms with E-state index >= 15 is 0 Å². The number of ether oxygens (including phenoxy) is 1. The summed E-state index contributed by atoms with van der Waals surface area (Å²) in [5.74, 6) is 0.947. The summed E-state index contributed by atoms with van der Waals surface area (Å²) in [6, 6.07) is 0. The summed E-state index contributed by atoms with van der Waals surface area (Å²) >= 11 is 0. The Kier molecular flexibility index (Phi) is 6.47. The highest BCUT2D eigenvalue weighted by molar-refractivity contribution is 5.66. The van der Waals surface area contributed by atoms with Crippen molar-refractivity contribution in [2.75, 3.05) is 6.61 Å². The Bertz CT molecular complexity index is 380. The van der Waals surface area contributed by atoms with Crippen molar-refractivity contribution in [3.63, 3.8) is 0 Å². The van der Waals surface area contributed by atoms with Crippen LogP contribution in [0.2, 0.25) is 0 Å². The molecule has 20 heavy (non-hydrogen) atoms. The summed E-state index contributed by atoms with van der Waals surface area (Å²) in [5.41, 5.74) is 0.492. The maximum absolute atomic E-state index is 10.7. The number of carbonyl (C=O) groups excluding carboxylic acids is 1. The minimum atomic E-state index is -0.614. The van der Waals surface area contributed by atoms with Gasteiger partial charge >= 0.3 is 5.97 Å². The maximum Gasteiger partial charge on any atom is 0.302 e. The van der Waals surface area contributed by atoms with E-state index in [1.165, 1.54) is 6.92 Å². The van der Waals surface area contributed by atoms with Crippen LogP contribution in [0.25, 0.3) is 0 Å². The third-order valence-corrected chi connectivity index (χ3v) is 4.04. The molecule has 0 aromatic carbocycles. The Morgan fingerprint density at radius 1 is 1.55 bits per heavy atom. The van der Waals surface area contributed by atoms with Gasteiger partial charge in [-0.3, -0.25) is 4.79 Å². The van der Waals surface area contributed by atoms with E-state index in [0.717, 1.165) is 31.3 Å². The van der Waals surface area contributed by atoms with Crippen molar-refractivity contribution in [2.45, 2.75) is 59.0 Å². The largest absolute Gasteiger partial charge is 0.461 e. The summed E-state index contributed by atoms with van der Waals surface area (Å²) in [5, 5.41) is 9.89. The SMILES string of the molecule is CC(=O)OCC(C)=CCCC(C)C1C=CC(C)(O)CC1. The smallest absolute Gasteiger partial charge is 0.302 e. The van der Waals surface area contributed by atoms with Crippen LogP contribution in [0, 0.1) is 11.8 Å². The second-order valence-corrected chi connectivity index (χ2v) is 6.30. The lowest BCUT2D eigenvalue weighted by Crippen LogP contribution is -2.27. The molecular formula is C17H28O3. The first kappa shape index (κ1) is 17.0. The molecule has 0 saturated carbocycles. The number of hydrogen-bond acceptors (Lipinski definition) is 3. The first-order valence-electron chi connectivity index (χ1n) is 7.51. The normalized spacial score (nSPS) is 28.2. The van der Waals surface area contributed by atoms with E-state index in [2.05, 4.69) is 19.1 Å². The molecule has 0 bridgehead atoms. The summed E-state index contributed by atoms with van der Waals surface area (Å²) in [4.78, 5) is 10.7. The van der Waals surface area contributed by atoms with Crippen molar-refractivity contribution in [2.24, 2.45) is 11.8 Å². The summed E-state index contributed by atoms with van der Waals surface area (Å²) in [6.07, 6.45) is 10.3. The van der Waals surface area contributed by atoms with Crippen molar-refractivity contribution < 1.29 is 14.6 Å². The van der Waals surface area contributed by atoms with E-state index in [1.54, 1.807) is 0 Å². The molecule has 0 saturated heterocycles. The first-order chi connectivity index (χ1) is 9.30. The molecule has 3 unspecified atom stereocenters. The Hall–Kier alpha value is -1.09. The van der Waals surface area contributed by atoms with Gasteiger partial charge in [0.15, 0.2) is 0 Å². The van der Waals surface area contributed by atoms with Crippen LogP contribution in [-0.2, 0) is 9.53 Å². The van der Waals surface area contributed by atoms with E-state index in [0.29, 0.717) is 18.4 Å². The van der Waals surface area contributed by atoms with Crippen LogP contribution in [-0.4, -0.2) is 23.3 Å². The van der Waals surface area contributed by atoms with Crippen molar-refractivity contribution in [3.05, 3.63) is 23.8 Å². The van der Waals surface area contributed by atoms with Crippen LogP contribution in [0.4, 0.5) is 0 Å². The Morgan fingerprint density at radius 2 is 2.25 bits per heavy atom. The predicted octanol–water partition coefficient (Wildman–Crippen LogP) is 3.63. The van der Waals surface area contributed by atoms with Crippen molar-refractivity contribution in [1.29, 1.82) is 0 Å². The van der Waals surface area contributed by atoms with E-state index in [4.69, 9.17) is 4.74 Å². The third-order valence-electron chi connectivity index (χ3n) is 4.04. The lowest BCUT2D eigenvalue weighted by Gasteiger charge is -2.30. The Balaban J connectivity index is 2.31. The van der Waals surface area contributed by atoms with Crippen LogP contribution >= 0.6 is 0 Å². The molecule has 0 aliphatic heterocycles. The fourth-order valence-electron chi connectivity index (χ4n) is 2.52. The molecule has 0 aromatic rings. The second-order valence-electron chi connectivity index (χ2n) is 6.30. The molecule has 3 atom stereocenters. The van der Waals surface area contributed by atoms with Gasteiger partial charge in [0, 0.05) is 6.92 Å². The number of rotatable bonds is 6. The van der Waals surface area contributed by atoms with E-state index in [1.807, 2.05) is 19.9 Å². The van der Waals surface area contributed by atoms with Crippen molar-refractivity contribution in [1.82, 2.24) is 0 Å². The maximum atomic E-state index is 10.7. The molecule has 0 spiro atoms. The Labute approximate surface area is 122 Å². The number of esters is 1. The molecule has 0 aromatic heterocycles. The standard InChI is InChI=1S/C17H28O3/c1-13(12-20-15(3)18)6-5-7-14(2)16-8-10-17(4,19)11-9-16/h6,8,10,14,16,19H,5,7,9,11-12H2,1-4H3. The van der Waals surface area contributed by atoms with E-state index in [9.17, 15) is 9.90 Å². The van der Waals surface area contributed by atoms with Gasteiger partial charge in [-0.25, -0.2) is 0 Å². The molecule has 1 N–H and O–H groups in total. The fourth-order valence-corrected chi connectivity index (χ4v) is 2.52. The molecule has 0 fully saturated rings. The molecule has 1 aliphatic rings. The van der Waals surface area contributed by atoms with Gasteiger partial charge in [-0.2, -0.15) is 0 Å². The Morgan fingerprint density at radius 3 is 2.80 bits per heavy atom. The zero-order valence-corrected chi connectivity index (χ0v) is 13.2. The second kappa shape index (κ2) is 7.63. The highest BCUT2D eigenvalue weighted by Gasteiger charge is 2.25. The molecule has 114 valence electrons. The van der Waals surface area contributed by atoms with Crippen LogP contribution in [0.15, 0.2) is 23.8 Å². The molecular weight excluding hydrogens is 252 g/mol. The number of hydrogen-bond donors (Lipinski definition) is 1. The predicted molar refractivity (Wildman–Crippen MR) is 81.3 cm³/mol. The zero-order valence-electron chi connectivity index (χ0n) is 13.2. The zero-order chi connectivity index (χ0) is 15.2. The van der Waals surface area contributed by atoms with E-state index < -0.39 is 5.60 Å².